The van der Waals surface area contributed by atoms with Crippen LogP contribution in [0.15, 0.2) is 0 Å². The highest BCUT2D eigenvalue weighted by atomic mass is 16.5. The minimum absolute atomic E-state index is 0.0206. The van der Waals surface area contributed by atoms with Gasteiger partial charge in [0.2, 0.25) is 0 Å². The van der Waals surface area contributed by atoms with Gasteiger partial charge in [-0.05, 0) is 6.92 Å². The van der Waals surface area contributed by atoms with Crippen LogP contribution < -0.4 is 0 Å². The summed E-state index contributed by atoms with van der Waals surface area (Å²) >= 11 is 0. The highest BCUT2D eigenvalue weighted by Crippen LogP contribution is 2.32. The van der Waals surface area contributed by atoms with Crippen LogP contribution in [0.1, 0.15) is 27.3 Å². The van der Waals surface area contributed by atoms with E-state index in [9.17, 15) is 9.90 Å². The number of aromatic nitrogens is 1. The van der Waals surface area contributed by atoms with Gasteiger partial charge in [-0.15, -0.1) is 0 Å². The van der Waals surface area contributed by atoms with E-state index in [1.807, 2.05) is 0 Å². The molecule has 1 aromatic heterocycles. The second-order valence-corrected chi connectivity index (χ2v) is 3.15. The molecule has 2 rings (SSSR count). The second-order valence-electron chi connectivity index (χ2n) is 3.15. The van der Waals surface area contributed by atoms with E-state index in [-0.39, 0.29) is 24.7 Å². The second kappa shape index (κ2) is 2.95. The Hall–Kier alpha value is -1.62. The fraction of sp³-hybridized carbons (Fsp3) is 0.333. The molecule has 1 aromatic rings. The summed E-state index contributed by atoms with van der Waals surface area (Å²) in [4.78, 5) is 14.6. The molecule has 2 N–H and O–H groups in total. The van der Waals surface area contributed by atoms with Crippen molar-refractivity contribution in [2.45, 2.75) is 20.1 Å². The molecular weight excluding hydrogens is 186 g/mol. The molecule has 0 amide bonds. The Balaban J connectivity index is 2.70. The number of pyridine rings is 1. The lowest BCUT2D eigenvalue weighted by molar-refractivity contribution is 0.0685. The zero-order valence-electron chi connectivity index (χ0n) is 7.57. The van der Waals surface area contributed by atoms with E-state index < -0.39 is 5.97 Å². The first-order valence-electron chi connectivity index (χ1n) is 4.13. The van der Waals surface area contributed by atoms with Crippen molar-refractivity contribution in [1.82, 2.24) is 4.98 Å². The normalized spacial score (nSPS) is 14.1. The summed E-state index contributed by atoms with van der Waals surface area (Å²) in [5.41, 5.74) is 1.34. The number of aromatic hydroxyl groups is 1. The molecule has 0 atom stereocenters. The van der Waals surface area contributed by atoms with Gasteiger partial charge in [0.15, 0.2) is 5.69 Å². The zero-order valence-corrected chi connectivity index (χ0v) is 7.57. The Labute approximate surface area is 80.0 Å². The van der Waals surface area contributed by atoms with Gasteiger partial charge >= 0.3 is 5.97 Å². The van der Waals surface area contributed by atoms with Gasteiger partial charge in [-0.3, -0.25) is 0 Å². The van der Waals surface area contributed by atoms with Crippen LogP contribution in [-0.2, 0) is 18.0 Å². The van der Waals surface area contributed by atoms with Gasteiger partial charge in [0.05, 0.1) is 18.9 Å². The third kappa shape index (κ3) is 1.13. The topological polar surface area (TPSA) is 79.7 Å². The number of fused-ring (bicyclic) bond motifs is 1. The number of ether oxygens (including phenoxy) is 1. The minimum Gasteiger partial charge on any atom is -0.506 e. The predicted molar refractivity (Wildman–Crippen MR) is 46.1 cm³/mol. The van der Waals surface area contributed by atoms with Gasteiger partial charge in [-0.1, -0.05) is 0 Å². The van der Waals surface area contributed by atoms with Crippen molar-refractivity contribution < 1.29 is 19.7 Å². The fourth-order valence-corrected chi connectivity index (χ4v) is 1.54. The lowest BCUT2D eigenvalue weighted by Gasteiger charge is -2.06. The van der Waals surface area contributed by atoms with Crippen molar-refractivity contribution in [2.75, 3.05) is 0 Å². The van der Waals surface area contributed by atoms with Crippen LogP contribution in [0.4, 0.5) is 0 Å². The van der Waals surface area contributed by atoms with Crippen LogP contribution >= 0.6 is 0 Å². The number of carboxylic acids is 1. The van der Waals surface area contributed by atoms with Crippen molar-refractivity contribution in [3.8, 4) is 5.75 Å². The van der Waals surface area contributed by atoms with Crippen LogP contribution in [0, 0.1) is 6.92 Å². The third-order valence-corrected chi connectivity index (χ3v) is 2.25. The van der Waals surface area contributed by atoms with Gasteiger partial charge in [-0.2, -0.15) is 0 Å². The molecule has 14 heavy (non-hydrogen) atoms. The molecule has 0 saturated heterocycles. The SMILES string of the molecule is Cc1nc(C(=O)O)c2c(c1O)COC2. The molecule has 2 heterocycles. The van der Waals surface area contributed by atoms with Crippen molar-refractivity contribution >= 4 is 5.97 Å². The molecule has 5 heteroatoms. The van der Waals surface area contributed by atoms with Crippen LogP contribution in [0.2, 0.25) is 0 Å². The summed E-state index contributed by atoms with van der Waals surface area (Å²) in [6.45, 7) is 2.03. The molecule has 1 aliphatic heterocycles. The first-order chi connectivity index (χ1) is 6.61. The van der Waals surface area contributed by atoms with Gasteiger partial charge < -0.3 is 14.9 Å². The van der Waals surface area contributed by atoms with Gasteiger partial charge in [0.25, 0.3) is 0 Å². The minimum atomic E-state index is -1.09. The average molecular weight is 195 g/mol. The van der Waals surface area contributed by atoms with E-state index in [0.717, 1.165) is 0 Å². The van der Waals surface area contributed by atoms with E-state index >= 15 is 0 Å². The Kier molecular flexibility index (Phi) is 1.89. The summed E-state index contributed by atoms with van der Waals surface area (Å²) in [6.07, 6.45) is 0. The number of nitrogens with zero attached hydrogens (tertiary/aromatic N) is 1. The Morgan fingerprint density at radius 2 is 2.07 bits per heavy atom. The van der Waals surface area contributed by atoms with Crippen LogP contribution in [0.3, 0.4) is 0 Å². The largest absolute Gasteiger partial charge is 0.506 e. The molecule has 0 radical (unpaired) electrons. The fourth-order valence-electron chi connectivity index (χ4n) is 1.54. The smallest absolute Gasteiger partial charge is 0.354 e. The first kappa shape index (κ1) is 8.96. The molecular formula is C9H9NO4. The molecule has 5 nitrogen and oxygen atoms in total. The van der Waals surface area contributed by atoms with E-state index in [2.05, 4.69) is 4.98 Å². The Morgan fingerprint density at radius 1 is 1.43 bits per heavy atom. The maximum absolute atomic E-state index is 10.8. The number of rotatable bonds is 1. The summed E-state index contributed by atoms with van der Waals surface area (Å²) in [5, 5.41) is 18.5. The number of carboxylic acid groups (broad SMARTS) is 1. The van der Waals surface area contributed by atoms with Crippen LogP contribution in [0.25, 0.3) is 0 Å². The first-order valence-corrected chi connectivity index (χ1v) is 4.13. The molecule has 0 saturated carbocycles. The standard InChI is InChI=1S/C9H9NO4/c1-4-8(11)6-3-14-2-5(6)7(10-4)9(12)13/h11H,2-3H2,1H3,(H,12,13). The van der Waals surface area contributed by atoms with E-state index in [1.165, 1.54) is 0 Å². The number of hydrogen-bond acceptors (Lipinski definition) is 4. The van der Waals surface area contributed by atoms with Crippen LogP contribution in [-0.4, -0.2) is 21.2 Å². The Morgan fingerprint density at radius 3 is 2.71 bits per heavy atom. The highest BCUT2D eigenvalue weighted by molar-refractivity contribution is 5.88. The molecule has 74 valence electrons. The number of hydrogen-bond donors (Lipinski definition) is 2. The quantitative estimate of drug-likeness (QED) is 0.693. The molecule has 1 aliphatic rings. The van der Waals surface area contributed by atoms with E-state index in [0.29, 0.717) is 16.8 Å². The van der Waals surface area contributed by atoms with Crippen molar-refractivity contribution in [2.24, 2.45) is 0 Å². The number of aryl methyl sites for hydroxylation is 1. The van der Waals surface area contributed by atoms with Crippen molar-refractivity contribution in [1.29, 1.82) is 0 Å². The van der Waals surface area contributed by atoms with Crippen LogP contribution in [0.5, 0.6) is 5.75 Å². The zero-order chi connectivity index (χ0) is 10.3. The average Bonchev–Trinajstić information content (AvgIpc) is 2.59. The summed E-state index contributed by atoms with van der Waals surface area (Å²) in [5.74, 6) is -1.04. The molecule has 0 bridgehead atoms. The van der Waals surface area contributed by atoms with Gasteiger partial charge in [-0.25, -0.2) is 9.78 Å². The lowest BCUT2D eigenvalue weighted by Crippen LogP contribution is -2.07. The van der Waals surface area contributed by atoms with E-state index in [4.69, 9.17) is 9.84 Å². The van der Waals surface area contributed by atoms with E-state index in [1.54, 1.807) is 6.92 Å². The maximum Gasteiger partial charge on any atom is 0.354 e. The monoisotopic (exact) mass is 195 g/mol. The predicted octanol–water partition coefficient (Wildman–Crippen LogP) is 0.824. The summed E-state index contributed by atoms with van der Waals surface area (Å²) in [7, 11) is 0. The van der Waals surface area contributed by atoms with Gasteiger partial charge in [0.1, 0.15) is 5.75 Å². The molecule has 0 fully saturated rings. The lowest BCUT2D eigenvalue weighted by atomic mass is 10.1. The highest BCUT2D eigenvalue weighted by Gasteiger charge is 2.25. The molecule has 0 aliphatic carbocycles. The third-order valence-electron chi connectivity index (χ3n) is 2.25. The van der Waals surface area contributed by atoms with Gasteiger partial charge in [0, 0.05) is 11.1 Å². The number of carbonyl (C=O) groups is 1. The number of aromatic carboxylic acids is 1. The summed E-state index contributed by atoms with van der Waals surface area (Å²) in [6, 6.07) is 0. The molecule has 0 unspecified atom stereocenters. The Bertz CT molecular complexity index is 414. The molecule has 0 spiro atoms. The van der Waals surface area contributed by atoms with Crippen molar-refractivity contribution in [3.05, 3.63) is 22.5 Å². The molecule has 0 aromatic carbocycles. The van der Waals surface area contributed by atoms with Crippen molar-refractivity contribution in [3.63, 3.8) is 0 Å². The summed E-state index contributed by atoms with van der Waals surface area (Å²) < 4.78 is 5.08. The maximum atomic E-state index is 10.8.